The summed E-state index contributed by atoms with van der Waals surface area (Å²) in [5.74, 6) is -0.209. The van der Waals surface area contributed by atoms with Gasteiger partial charge in [-0.2, -0.15) is 4.90 Å². The van der Waals surface area contributed by atoms with Crippen LogP contribution in [0.5, 0.6) is 5.75 Å². The highest BCUT2D eigenvalue weighted by Gasteiger charge is 2.39. The van der Waals surface area contributed by atoms with E-state index >= 15 is 0 Å². The molecule has 6 heteroatoms. The van der Waals surface area contributed by atoms with Gasteiger partial charge in [0.15, 0.2) is 0 Å². The Morgan fingerprint density at radius 2 is 1.79 bits per heavy atom. The molecule has 0 saturated carbocycles. The van der Waals surface area contributed by atoms with Gasteiger partial charge in [0.1, 0.15) is 25.4 Å². The van der Waals surface area contributed by atoms with Crippen molar-refractivity contribution >= 4 is 0 Å². The van der Waals surface area contributed by atoms with Crippen LogP contribution >= 0.6 is 0 Å². The van der Waals surface area contributed by atoms with E-state index in [9.17, 15) is 13.2 Å². The molecule has 0 bridgehead atoms. The highest BCUT2D eigenvalue weighted by molar-refractivity contribution is 5.33. The van der Waals surface area contributed by atoms with Gasteiger partial charge in [-0.25, -0.2) is 0 Å². The summed E-state index contributed by atoms with van der Waals surface area (Å²) < 4.78 is 41.1. The zero-order chi connectivity index (χ0) is 17.2. The van der Waals surface area contributed by atoms with Crippen LogP contribution in [0.4, 0.5) is 13.2 Å². The third-order valence-electron chi connectivity index (χ3n) is 4.21. The summed E-state index contributed by atoms with van der Waals surface area (Å²) in [6.07, 6.45) is -4.68. The second-order valence-electron chi connectivity index (χ2n) is 6.07. The van der Waals surface area contributed by atoms with Crippen molar-refractivity contribution in [3.05, 3.63) is 65.7 Å². The highest BCUT2D eigenvalue weighted by Crippen LogP contribution is 2.30. The van der Waals surface area contributed by atoms with Gasteiger partial charge in [0.25, 0.3) is 0 Å². The van der Waals surface area contributed by atoms with E-state index in [0.29, 0.717) is 13.1 Å². The fraction of sp³-hybridized carbons (Fsp3) is 0.333. The van der Waals surface area contributed by atoms with Crippen LogP contribution in [-0.4, -0.2) is 25.5 Å². The molecule has 0 amide bonds. The summed E-state index contributed by atoms with van der Waals surface area (Å²) >= 11 is 0. The molecule has 0 unspecified atom stereocenters. The van der Waals surface area contributed by atoms with Gasteiger partial charge in [-0.15, -0.1) is 13.2 Å². The minimum atomic E-state index is -4.68. The Morgan fingerprint density at radius 3 is 2.50 bits per heavy atom. The molecule has 0 spiro atoms. The fourth-order valence-electron chi connectivity index (χ4n) is 3.18. The number of alkyl halides is 3. The molecule has 0 aliphatic carbocycles. The van der Waals surface area contributed by atoms with Crippen LogP contribution in [0.1, 0.15) is 17.0 Å². The van der Waals surface area contributed by atoms with Crippen LogP contribution in [-0.2, 0) is 6.54 Å². The third kappa shape index (κ3) is 4.27. The Morgan fingerprint density at radius 1 is 1.04 bits per heavy atom. The first kappa shape index (κ1) is 16.8. The molecular weight excluding hydrogens is 317 g/mol. The van der Waals surface area contributed by atoms with Crippen molar-refractivity contribution < 1.29 is 17.9 Å². The normalized spacial score (nSPS) is 21.8. The fourth-order valence-corrected chi connectivity index (χ4v) is 3.18. The van der Waals surface area contributed by atoms with Crippen molar-refractivity contribution in [3.63, 3.8) is 0 Å². The average molecular weight is 336 g/mol. The van der Waals surface area contributed by atoms with E-state index in [4.69, 9.17) is 5.73 Å². The van der Waals surface area contributed by atoms with E-state index < -0.39 is 6.36 Å². The molecule has 2 atom stereocenters. The lowest BCUT2D eigenvalue weighted by molar-refractivity contribution is -0.274. The van der Waals surface area contributed by atoms with Crippen molar-refractivity contribution in [1.29, 1.82) is 0 Å². The lowest BCUT2D eigenvalue weighted by Crippen LogP contribution is -2.31. The number of rotatable bonds is 4. The lowest BCUT2D eigenvalue weighted by Gasteiger charge is -2.14. The first-order chi connectivity index (χ1) is 11.4. The number of nitrogens with zero attached hydrogens (tertiary/aromatic N) is 1. The molecule has 127 valence electrons. The Balaban J connectivity index is 1.70. The maximum Gasteiger partial charge on any atom is 0.573 e. The number of likely N-dealkylation sites (tertiary alicyclic amines) is 1. The zero-order valence-corrected chi connectivity index (χ0v) is 13.0. The van der Waals surface area contributed by atoms with Crippen molar-refractivity contribution in [1.82, 2.24) is 4.90 Å². The minimum absolute atomic E-state index is 0.00880. The van der Waals surface area contributed by atoms with Gasteiger partial charge in [-0.1, -0.05) is 42.5 Å². The van der Waals surface area contributed by atoms with E-state index in [1.807, 2.05) is 18.2 Å². The van der Waals surface area contributed by atoms with Gasteiger partial charge in [0.2, 0.25) is 0 Å². The molecule has 1 radical (unpaired) electrons. The second kappa shape index (κ2) is 6.83. The summed E-state index contributed by atoms with van der Waals surface area (Å²) in [5, 5.41) is 0. The quantitative estimate of drug-likeness (QED) is 0.870. The number of hydrogen-bond acceptors (Lipinski definition) is 3. The van der Waals surface area contributed by atoms with Crippen LogP contribution in [0, 0.1) is 0 Å². The van der Waals surface area contributed by atoms with Crippen LogP contribution in [0.3, 0.4) is 0 Å². The van der Waals surface area contributed by atoms with E-state index in [-0.39, 0.29) is 17.7 Å². The number of nitrogens with two attached hydrogens (primary N) is 1. The Kier molecular flexibility index (Phi) is 4.78. The van der Waals surface area contributed by atoms with Gasteiger partial charge in [-0.05, 0) is 17.7 Å². The molecule has 3 nitrogen and oxygen atoms in total. The Hall–Kier alpha value is -2.05. The van der Waals surface area contributed by atoms with E-state index in [2.05, 4.69) is 21.8 Å². The van der Waals surface area contributed by atoms with E-state index in [0.717, 1.165) is 12.1 Å². The van der Waals surface area contributed by atoms with E-state index in [1.54, 1.807) is 12.1 Å². The molecule has 1 saturated heterocycles. The van der Waals surface area contributed by atoms with Gasteiger partial charge in [-0.3, -0.25) is 0 Å². The predicted octanol–water partition coefficient (Wildman–Crippen LogP) is 3.35. The van der Waals surface area contributed by atoms with Crippen LogP contribution in [0.15, 0.2) is 54.6 Å². The van der Waals surface area contributed by atoms with Crippen molar-refractivity contribution in [2.24, 2.45) is 5.73 Å². The largest absolute Gasteiger partial charge is 0.573 e. The molecular formula is C18H19F3N2O+. The van der Waals surface area contributed by atoms with Crippen molar-refractivity contribution in [3.8, 4) is 5.75 Å². The van der Waals surface area contributed by atoms with Gasteiger partial charge in [0, 0.05) is 5.56 Å². The topological polar surface area (TPSA) is 41.2 Å². The Labute approximate surface area is 138 Å². The molecule has 2 aromatic rings. The molecule has 1 heterocycles. The van der Waals surface area contributed by atoms with Gasteiger partial charge in [0.05, 0.1) is 12.0 Å². The molecule has 1 fully saturated rings. The summed E-state index contributed by atoms with van der Waals surface area (Å²) in [5.41, 5.74) is 8.20. The third-order valence-corrected chi connectivity index (χ3v) is 4.21. The molecule has 1 aliphatic rings. The van der Waals surface area contributed by atoms with E-state index in [1.165, 1.54) is 17.7 Å². The van der Waals surface area contributed by atoms with Crippen LogP contribution < -0.4 is 15.4 Å². The average Bonchev–Trinajstić information content (AvgIpc) is 2.87. The second-order valence-corrected chi connectivity index (χ2v) is 6.07. The van der Waals surface area contributed by atoms with Gasteiger partial charge >= 0.3 is 6.36 Å². The number of benzene rings is 2. The molecule has 2 N–H and O–H groups in total. The minimum Gasteiger partial charge on any atom is -0.406 e. The standard InChI is InChI=1S/C18H19F3N2O/c19-18(20,21)24-15-8-4-7-14(9-15)16-11-23(12-17(16)22)10-13-5-2-1-3-6-13/h1-9,16-17H,10-12,22H2/q+1/t16-,17+/m1/s1. The number of halogens is 3. The van der Waals surface area contributed by atoms with Crippen molar-refractivity contribution in [2.75, 3.05) is 13.1 Å². The Bertz CT molecular complexity index is 675. The summed E-state index contributed by atoms with van der Waals surface area (Å²) in [7, 11) is 0. The SMILES string of the molecule is N[C@H]1C[N+](Cc2ccccc2)C[C@@H]1c1cccc(OC(F)(F)F)c1. The zero-order valence-electron chi connectivity index (χ0n) is 13.0. The lowest BCUT2D eigenvalue weighted by atomic mass is 9.95. The summed E-state index contributed by atoms with van der Waals surface area (Å²) in [6, 6.07) is 16.0. The molecule has 1 aliphatic heterocycles. The molecule has 0 aromatic heterocycles. The summed E-state index contributed by atoms with van der Waals surface area (Å²) in [6.45, 7) is 2.21. The van der Waals surface area contributed by atoms with Crippen LogP contribution in [0.2, 0.25) is 0 Å². The number of hydrogen-bond donors (Lipinski definition) is 1. The first-order valence-corrected chi connectivity index (χ1v) is 7.78. The van der Waals surface area contributed by atoms with Crippen LogP contribution in [0.25, 0.3) is 0 Å². The predicted molar refractivity (Wildman–Crippen MR) is 85.9 cm³/mol. The first-order valence-electron chi connectivity index (χ1n) is 7.78. The molecule has 24 heavy (non-hydrogen) atoms. The highest BCUT2D eigenvalue weighted by atomic mass is 19.4. The molecule has 2 aromatic carbocycles. The van der Waals surface area contributed by atoms with Gasteiger partial charge < -0.3 is 10.5 Å². The molecule has 3 rings (SSSR count). The number of ether oxygens (including phenoxy) is 1. The maximum absolute atomic E-state index is 12.4. The summed E-state index contributed by atoms with van der Waals surface area (Å²) in [4.78, 5) is 2.22. The maximum atomic E-state index is 12.4. The smallest absolute Gasteiger partial charge is 0.406 e. The monoisotopic (exact) mass is 336 g/mol. The van der Waals surface area contributed by atoms with Crippen molar-refractivity contribution in [2.45, 2.75) is 24.9 Å².